The number of aromatic nitrogens is 1. The lowest BCUT2D eigenvalue weighted by Gasteiger charge is -2.18. The molecule has 0 atom stereocenters. The van der Waals surface area contributed by atoms with Gasteiger partial charge >= 0.3 is 0 Å². The minimum absolute atomic E-state index is 0.382. The summed E-state index contributed by atoms with van der Waals surface area (Å²) >= 11 is 0. The molecule has 0 saturated carbocycles. The minimum atomic E-state index is -1.37. The second-order valence-corrected chi connectivity index (χ2v) is 15.0. The summed E-state index contributed by atoms with van der Waals surface area (Å²) in [6.07, 6.45) is 1.93. The quantitative estimate of drug-likeness (QED) is 0.267. The van der Waals surface area contributed by atoms with Gasteiger partial charge in [0, 0.05) is 28.1 Å². The molecule has 0 bridgehead atoms. The van der Waals surface area contributed by atoms with E-state index in [0.29, 0.717) is 5.92 Å². The van der Waals surface area contributed by atoms with Gasteiger partial charge in [0.25, 0.3) is 0 Å². The molecule has 0 aliphatic heterocycles. The first-order valence-electron chi connectivity index (χ1n) is 11.3. The number of hydrogen-bond acceptors (Lipinski definition) is 2. The van der Waals surface area contributed by atoms with Gasteiger partial charge in [0.05, 0.1) is 13.8 Å². The molecule has 3 heteroatoms. The first-order chi connectivity index (χ1) is 15.3. The predicted molar refractivity (Wildman–Crippen MR) is 139 cm³/mol. The van der Waals surface area contributed by atoms with Crippen molar-refractivity contribution in [1.29, 1.82) is 0 Å². The molecule has 2 nitrogen and oxygen atoms in total. The van der Waals surface area contributed by atoms with Crippen LogP contribution in [0.15, 0.2) is 83.4 Å². The number of pyridine rings is 1. The summed E-state index contributed by atoms with van der Waals surface area (Å²) in [6.45, 7) is 11.6. The summed E-state index contributed by atoms with van der Waals surface area (Å²) in [5.41, 5.74) is 5.44. The maximum Gasteiger partial charge on any atom is 0.135 e. The SMILES string of the molecule is CC(C)c1cc(-c2nccc3cc([Si](C)(C)C)ccc23)cc2oc(-c3ccccc3)cc12. The van der Waals surface area contributed by atoms with E-state index < -0.39 is 8.07 Å². The Morgan fingerprint density at radius 3 is 2.28 bits per heavy atom. The molecule has 0 N–H and O–H groups in total. The molecule has 0 aliphatic carbocycles. The van der Waals surface area contributed by atoms with Crippen LogP contribution in [0.25, 0.3) is 44.3 Å². The second-order valence-electron chi connectivity index (χ2n) is 9.95. The van der Waals surface area contributed by atoms with Gasteiger partial charge in [-0.3, -0.25) is 4.98 Å². The van der Waals surface area contributed by atoms with E-state index in [1.165, 1.54) is 26.9 Å². The van der Waals surface area contributed by atoms with E-state index >= 15 is 0 Å². The molecule has 3 aromatic carbocycles. The summed E-state index contributed by atoms with van der Waals surface area (Å²) in [7, 11) is -1.37. The standard InChI is InChI=1S/C29H29NOSi/c1-19(2)25-16-22(17-28-26(25)18-27(31-28)20-9-7-6-8-10-20)29-24-12-11-23(32(3,4)5)15-21(24)13-14-30-29/h6-19H,1-5H3. The molecule has 2 aromatic heterocycles. The first kappa shape index (κ1) is 20.7. The highest BCUT2D eigenvalue weighted by atomic mass is 28.3. The number of nitrogens with zero attached hydrogens (tertiary/aromatic N) is 1. The zero-order valence-corrected chi connectivity index (χ0v) is 20.4. The molecule has 0 unspecified atom stereocenters. The maximum absolute atomic E-state index is 6.36. The van der Waals surface area contributed by atoms with Crippen molar-refractivity contribution in [3.05, 3.63) is 84.6 Å². The Kier molecular flexibility index (Phi) is 5.02. The lowest BCUT2D eigenvalue weighted by Crippen LogP contribution is -2.37. The Morgan fingerprint density at radius 2 is 1.56 bits per heavy atom. The highest BCUT2D eigenvalue weighted by Crippen LogP contribution is 2.37. The molecule has 0 fully saturated rings. The van der Waals surface area contributed by atoms with E-state index in [0.717, 1.165) is 28.2 Å². The summed E-state index contributed by atoms with van der Waals surface area (Å²) < 4.78 is 6.36. The fraction of sp³-hybridized carbons (Fsp3) is 0.207. The summed E-state index contributed by atoms with van der Waals surface area (Å²) in [5, 5.41) is 5.10. The molecule has 5 rings (SSSR count). The Morgan fingerprint density at radius 1 is 0.781 bits per heavy atom. The zero-order chi connectivity index (χ0) is 22.5. The van der Waals surface area contributed by atoms with E-state index in [1.54, 1.807) is 0 Å². The van der Waals surface area contributed by atoms with Crippen molar-refractivity contribution in [3.8, 4) is 22.6 Å². The molecule has 0 aliphatic rings. The molecule has 0 radical (unpaired) electrons. The van der Waals surface area contributed by atoms with Gasteiger partial charge in [-0.05, 0) is 41.1 Å². The maximum atomic E-state index is 6.36. The normalized spacial score (nSPS) is 12.2. The third-order valence-electron chi connectivity index (χ3n) is 6.25. The van der Waals surface area contributed by atoms with Gasteiger partial charge in [-0.2, -0.15) is 0 Å². The Hall–Kier alpha value is -3.17. The number of fused-ring (bicyclic) bond motifs is 2. The van der Waals surface area contributed by atoms with Crippen molar-refractivity contribution in [1.82, 2.24) is 4.98 Å². The largest absolute Gasteiger partial charge is 0.456 e. The second kappa shape index (κ2) is 7.75. The summed E-state index contributed by atoms with van der Waals surface area (Å²) in [6, 6.07) is 26.0. The summed E-state index contributed by atoms with van der Waals surface area (Å²) in [5.74, 6) is 1.29. The third kappa shape index (κ3) is 3.67. The molecule has 2 heterocycles. The smallest absolute Gasteiger partial charge is 0.135 e. The summed E-state index contributed by atoms with van der Waals surface area (Å²) in [4.78, 5) is 4.81. The van der Waals surface area contributed by atoms with Crippen LogP contribution in [0.2, 0.25) is 19.6 Å². The average molecular weight is 436 g/mol. The number of hydrogen-bond donors (Lipinski definition) is 0. The van der Waals surface area contributed by atoms with Crippen LogP contribution >= 0.6 is 0 Å². The minimum Gasteiger partial charge on any atom is -0.456 e. The fourth-order valence-corrected chi connectivity index (χ4v) is 5.57. The molecular weight excluding hydrogens is 406 g/mol. The van der Waals surface area contributed by atoms with Crippen LogP contribution in [0.5, 0.6) is 0 Å². The Balaban J connectivity index is 1.71. The molecule has 0 amide bonds. The van der Waals surface area contributed by atoms with Crippen molar-refractivity contribution >= 4 is 35.0 Å². The topological polar surface area (TPSA) is 26.0 Å². The van der Waals surface area contributed by atoms with Gasteiger partial charge in [-0.15, -0.1) is 0 Å². The van der Waals surface area contributed by atoms with Gasteiger partial charge in [-0.1, -0.05) is 87.2 Å². The van der Waals surface area contributed by atoms with Crippen molar-refractivity contribution < 1.29 is 4.42 Å². The van der Waals surface area contributed by atoms with E-state index in [2.05, 4.69) is 88.1 Å². The lowest BCUT2D eigenvalue weighted by molar-refractivity contribution is 0.631. The van der Waals surface area contributed by atoms with Crippen LogP contribution in [0, 0.1) is 0 Å². The molecule has 32 heavy (non-hydrogen) atoms. The first-order valence-corrected chi connectivity index (χ1v) is 14.8. The van der Waals surface area contributed by atoms with Crippen molar-refractivity contribution in [2.24, 2.45) is 0 Å². The van der Waals surface area contributed by atoms with E-state index in [9.17, 15) is 0 Å². The number of furan rings is 1. The molecular formula is C29H29NOSi. The molecule has 160 valence electrons. The van der Waals surface area contributed by atoms with Gasteiger partial charge in [0.15, 0.2) is 0 Å². The molecule has 5 aromatic rings. The van der Waals surface area contributed by atoms with Crippen LogP contribution < -0.4 is 5.19 Å². The van der Waals surface area contributed by atoms with Crippen LogP contribution in [0.1, 0.15) is 25.3 Å². The fourth-order valence-electron chi connectivity index (χ4n) is 4.40. The van der Waals surface area contributed by atoms with E-state index in [4.69, 9.17) is 9.40 Å². The average Bonchev–Trinajstić information content (AvgIpc) is 3.21. The zero-order valence-electron chi connectivity index (χ0n) is 19.4. The van der Waals surface area contributed by atoms with Crippen LogP contribution in [-0.4, -0.2) is 13.1 Å². The highest BCUT2D eigenvalue weighted by Gasteiger charge is 2.19. The van der Waals surface area contributed by atoms with Crippen molar-refractivity contribution in [3.63, 3.8) is 0 Å². The van der Waals surface area contributed by atoms with Crippen LogP contribution in [-0.2, 0) is 0 Å². The number of benzene rings is 3. The van der Waals surface area contributed by atoms with Gasteiger partial charge in [0.1, 0.15) is 11.3 Å². The molecule has 0 spiro atoms. The Bertz CT molecular complexity index is 1420. The Labute approximate surface area is 190 Å². The van der Waals surface area contributed by atoms with E-state index in [-0.39, 0.29) is 0 Å². The van der Waals surface area contributed by atoms with Crippen molar-refractivity contribution in [2.45, 2.75) is 39.4 Å². The molecule has 0 saturated heterocycles. The third-order valence-corrected chi connectivity index (χ3v) is 8.30. The van der Waals surface area contributed by atoms with Gasteiger partial charge in [0.2, 0.25) is 0 Å². The van der Waals surface area contributed by atoms with Crippen molar-refractivity contribution in [2.75, 3.05) is 0 Å². The van der Waals surface area contributed by atoms with Crippen LogP contribution in [0.4, 0.5) is 0 Å². The van der Waals surface area contributed by atoms with Gasteiger partial charge in [-0.25, -0.2) is 0 Å². The van der Waals surface area contributed by atoms with Crippen LogP contribution in [0.3, 0.4) is 0 Å². The number of rotatable bonds is 4. The van der Waals surface area contributed by atoms with E-state index in [1.807, 2.05) is 24.4 Å². The monoisotopic (exact) mass is 435 g/mol. The predicted octanol–water partition coefficient (Wildman–Crippen LogP) is 7.98. The van der Waals surface area contributed by atoms with Gasteiger partial charge < -0.3 is 4.42 Å². The highest BCUT2D eigenvalue weighted by molar-refractivity contribution is 6.88. The lowest BCUT2D eigenvalue weighted by atomic mass is 9.94.